The molecule has 1 fully saturated rings. The number of hydrogen-bond donors (Lipinski definition) is 3. The second-order valence-corrected chi connectivity index (χ2v) is 2.77. The summed E-state index contributed by atoms with van der Waals surface area (Å²) in [6.07, 6.45) is 3.21. The van der Waals surface area contributed by atoms with Gasteiger partial charge in [0.15, 0.2) is 0 Å². The standard InChI is InChI=1S/C4H5N3O.C4H7NO/c5-3-1-2-6-4(8)7-3;6-4-2-1-3-5-4/h1-2H,(H3,5,6,7,8);1-3H2,(H,5,6). The molecule has 0 aliphatic carbocycles. The topological polar surface area (TPSA) is 101 Å². The van der Waals surface area contributed by atoms with Crippen molar-refractivity contribution in [2.24, 2.45) is 0 Å². The minimum absolute atomic E-state index is 0.204. The molecule has 1 amide bonds. The second kappa shape index (κ2) is 5.00. The summed E-state index contributed by atoms with van der Waals surface area (Å²) >= 11 is 0. The first-order valence-electron chi connectivity index (χ1n) is 4.26. The molecule has 2 rings (SSSR count). The average molecular weight is 196 g/mol. The maximum atomic E-state index is 10.2. The molecule has 76 valence electrons. The lowest BCUT2D eigenvalue weighted by molar-refractivity contribution is -0.119. The molecule has 0 atom stereocenters. The molecule has 1 aromatic rings. The number of amides is 1. The van der Waals surface area contributed by atoms with Crippen molar-refractivity contribution in [1.29, 1.82) is 0 Å². The highest BCUT2D eigenvalue weighted by molar-refractivity contribution is 5.77. The third-order valence-corrected chi connectivity index (χ3v) is 1.59. The molecule has 0 saturated carbocycles. The summed E-state index contributed by atoms with van der Waals surface area (Å²) in [5.74, 6) is 0.448. The number of carbonyl (C=O) groups excluding carboxylic acids is 1. The Morgan fingerprint density at radius 3 is 2.50 bits per heavy atom. The highest BCUT2D eigenvalue weighted by Gasteiger charge is 2.05. The Bertz CT molecular complexity index is 352. The molecule has 4 N–H and O–H groups in total. The lowest BCUT2D eigenvalue weighted by atomic mass is 10.4. The van der Waals surface area contributed by atoms with Gasteiger partial charge in [0.1, 0.15) is 5.82 Å². The van der Waals surface area contributed by atoms with Crippen LogP contribution in [-0.2, 0) is 4.79 Å². The number of hydrogen-bond acceptors (Lipinski definition) is 4. The summed E-state index contributed by atoms with van der Waals surface area (Å²) in [4.78, 5) is 26.0. The Morgan fingerprint density at radius 2 is 2.21 bits per heavy atom. The first-order valence-corrected chi connectivity index (χ1v) is 4.26. The van der Waals surface area contributed by atoms with Gasteiger partial charge >= 0.3 is 5.69 Å². The Kier molecular flexibility index (Phi) is 3.66. The fourth-order valence-corrected chi connectivity index (χ4v) is 0.950. The first-order chi connectivity index (χ1) is 6.68. The molecule has 0 bridgehead atoms. The average Bonchev–Trinajstić information content (AvgIpc) is 2.56. The number of nitrogens with one attached hydrogen (secondary N) is 2. The van der Waals surface area contributed by atoms with Crippen molar-refractivity contribution in [3.05, 3.63) is 22.7 Å². The smallest absolute Gasteiger partial charge is 0.346 e. The van der Waals surface area contributed by atoms with E-state index in [0.717, 1.165) is 19.4 Å². The van der Waals surface area contributed by atoms with Crippen molar-refractivity contribution in [2.45, 2.75) is 12.8 Å². The summed E-state index contributed by atoms with van der Waals surface area (Å²) in [6.45, 7) is 0.888. The number of nitrogen functional groups attached to an aromatic ring is 1. The van der Waals surface area contributed by atoms with Crippen molar-refractivity contribution in [1.82, 2.24) is 15.3 Å². The van der Waals surface area contributed by atoms with E-state index in [9.17, 15) is 9.59 Å². The molecule has 0 radical (unpaired) electrons. The van der Waals surface area contributed by atoms with E-state index < -0.39 is 5.69 Å². The van der Waals surface area contributed by atoms with Gasteiger partial charge in [-0.2, -0.15) is 4.98 Å². The van der Waals surface area contributed by atoms with Crippen LogP contribution in [0.1, 0.15) is 12.8 Å². The molecule has 6 nitrogen and oxygen atoms in total. The van der Waals surface area contributed by atoms with Crippen molar-refractivity contribution in [3.63, 3.8) is 0 Å². The zero-order valence-electron chi connectivity index (χ0n) is 7.62. The van der Waals surface area contributed by atoms with Crippen molar-refractivity contribution in [3.8, 4) is 0 Å². The summed E-state index contributed by atoms with van der Waals surface area (Å²) in [5.41, 5.74) is 4.72. The van der Waals surface area contributed by atoms with Gasteiger partial charge in [-0.15, -0.1) is 0 Å². The Morgan fingerprint density at radius 1 is 1.43 bits per heavy atom. The number of H-pyrrole nitrogens is 1. The third kappa shape index (κ3) is 3.70. The fraction of sp³-hybridized carbons (Fsp3) is 0.375. The molecule has 0 spiro atoms. The quantitative estimate of drug-likeness (QED) is 0.508. The van der Waals surface area contributed by atoms with Gasteiger partial charge in [-0.3, -0.25) is 4.79 Å². The van der Waals surface area contributed by atoms with E-state index in [4.69, 9.17) is 5.73 Å². The normalized spacial score (nSPS) is 14.1. The van der Waals surface area contributed by atoms with Crippen molar-refractivity contribution >= 4 is 11.7 Å². The number of aromatic amines is 1. The van der Waals surface area contributed by atoms with Crippen LogP contribution in [0.5, 0.6) is 0 Å². The monoisotopic (exact) mass is 196 g/mol. The number of nitrogens with zero attached hydrogens (tertiary/aromatic N) is 1. The number of rotatable bonds is 0. The summed E-state index contributed by atoms with van der Waals surface area (Å²) in [6, 6.07) is 1.52. The van der Waals surface area contributed by atoms with E-state index in [1.165, 1.54) is 12.3 Å². The van der Waals surface area contributed by atoms with Crippen LogP contribution in [-0.4, -0.2) is 22.4 Å². The number of aromatic nitrogens is 2. The summed E-state index contributed by atoms with van der Waals surface area (Å²) in [5, 5.41) is 2.68. The maximum Gasteiger partial charge on any atom is 0.346 e. The molecule has 0 unspecified atom stereocenters. The summed E-state index contributed by atoms with van der Waals surface area (Å²) in [7, 11) is 0. The Balaban J connectivity index is 0.000000146. The van der Waals surface area contributed by atoms with Crippen LogP contribution in [0.15, 0.2) is 17.1 Å². The van der Waals surface area contributed by atoms with Crippen LogP contribution < -0.4 is 16.7 Å². The minimum atomic E-state index is -0.412. The van der Waals surface area contributed by atoms with Gasteiger partial charge in [0, 0.05) is 19.2 Å². The highest BCUT2D eigenvalue weighted by atomic mass is 16.2. The predicted molar refractivity (Wildman–Crippen MR) is 51.5 cm³/mol. The number of anilines is 1. The van der Waals surface area contributed by atoms with Gasteiger partial charge in [0.05, 0.1) is 0 Å². The van der Waals surface area contributed by atoms with Crippen molar-refractivity contribution in [2.75, 3.05) is 12.3 Å². The van der Waals surface area contributed by atoms with E-state index in [1.807, 2.05) is 0 Å². The van der Waals surface area contributed by atoms with E-state index >= 15 is 0 Å². The van der Waals surface area contributed by atoms with E-state index in [0.29, 0.717) is 0 Å². The van der Waals surface area contributed by atoms with Gasteiger partial charge < -0.3 is 16.0 Å². The molecule has 14 heavy (non-hydrogen) atoms. The zero-order chi connectivity index (χ0) is 10.4. The molecule has 1 saturated heterocycles. The maximum absolute atomic E-state index is 10.2. The van der Waals surface area contributed by atoms with Crippen LogP contribution >= 0.6 is 0 Å². The molecule has 6 heteroatoms. The van der Waals surface area contributed by atoms with Crippen molar-refractivity contribution < 1.29 is 4.79 Å². The van der Waals surface area contributed by atoms with E-state index in [2.05, 4.69) is 15.3 Å². The third-order valence-electron chi connectivity index (χ3n) is 1.59. The highest BCUT2D eigenvalue weighted by Crippen LogP contribution is 1.93. The Hall–Kier alpha value is -1.85. The SMILES string of the molecule is Nc1cc[nH]c(=O)n1.O=C1CCCN1. The number of nitrogens with two attached hydrogens (primary N) is 1. The predicted octanol–water partition coefficient (Wildman–Crippen LogP) is -0.752. The first kappa shape index (κ1) is 10.2. The number of carbonyl (C=O) groups is 1. The largest absolute Gasteiger partial charge is 0.383 e. The fourth-order valence-electron chi connectivity index (χ4n) is 0.950. The van der Waals surface area contributed by atoms with Crippen LogP contribution in [0.25, 0.3) is 0 Å². The Labute approximate surface area is 80.5 Å². The van der Waals surface area contributed by atoms with Crippen LogP contribution in [0, 0.1) is 0 Å². The minimum Gasteiger partial charge on any atom is -0.383 e. The van der Waals surface area contributed by atoms with Crippen LogP contribution in [0.4, 0.5) is 5.82 Å². The van der Waals surface area contributed by atoms with Gasteiger partial charge in [0.2, 0.25) is 5.91 Å². The lowest BCUT2D eigenvalue weighted by Crippen LogP contribution is -2.12. The van der Waals surface area contributed by atoms with Crippen LogP contribution in [0.2, 0.25) is 0 Å². The molecule has 2 heterocycles. The lowest BCUT2D eigenvalue weighted by Gasteiger charge is -1.83. The summed E-state index contributed by atoms with van der Waals surface area (Å²) < 4.78 is 0. The molecule has 1 aliphatic heterocycles. The van der Waals surface area contributed by atoms with Gasteiger partial charge in [0.25, 0.3) is 0 Å². The molecule has 1 aliphatic rings. The molecule has 0 aromatic carbocycles. The van der Waals surface area contributed by atoms with Crippen LogP contribution in [0.3, 0.4) is 0 Å². The van der Waals surface area contributed by atoms with E-state index in [-0.39, 0.29) is 11.7 Å². The molecular formula is C8H12N4O2. The molecular weight excluding hydrogens is 184 g/mol. The van der Waals surface area contributed by atoms with E-state index in [1.54, 1.807) is 0 Å². The van der Waals surface area contributed by atoms with Gasteiger partial charge in [-0.25, -0.2) is 4.79 Å². The second-order valence-electron chi connectivity index (χ2n) is 2.77. The van der Waals surface area contributed by atoms with Gasteiger partial charge in [-0.05, 0) is 12.5 Å². The van der Waals surface area contributed by atoms with Gasteiger partial charge in [-0.1, -0.05) is 0 Å². The zero-order valence-corrected chi connectivity index (χ0v) is 7.62. The molecule has 1 aromatic heterocycles.